The molecule has 0 fully saturated rings. The molecule has 4 nitrogen and oxygen atoms in total. The first-order valence-corrected chi connectivity index (χ1v) is 7.21. The lowest BCUT2D eigenvalue weighted by Gasteiger charge is -2.21. The SMILES string of the molecule is CCNc1cc(C(C)(C)C)nc2cc(OC)c(OC)cc12. The molecule has 0 radical (unpaired) electrons. The molecule has 1 heterocycles. The molecule has 114 valence electrons. The van der Waals surface area contributed by atoms with Gasteiger partial charge in [-0.1, -0.05) is 20.8 Å². The maximum Gasteiger partial charge on any atom is 0.162 e. The fourth-order valence-electron chi connectivity index (χ4n) is 2.27. The lowest BCUT2D eigenvalue weighted by molar-refractivity contribution is 0.356. The minimum absolute atomic E-state index is 0.00841. The van der Waals surface area contributed by atoms with Gasteiger partial charge >= 0.3 is 0 Å². The molecule has 2 rings (SSSR count). The number of anilines is 1. The number of nitrogens with zero attached hydrogens (tertiary/aromatic N) is 1. The van der Waals surface area contributed by atoms with Gasteiger partial charge in [-0.3, -0.25) is 4.98 Å². The molecule has 1 aromatic carbocycles. The van der Waals surface area contributed by atoms with Gasteiger partial charge in [0, 0.05) is 34.8 Å². The highest BCUT2D eigenvalue weighted by atomic mass is 16.5. The van der Waals surface area contributed by atoms with Crippen molar-refractivity contribution in [1.29, 1.82) is 0 Å². The van der Waals surface area contributed by atoms with Crippen molar-refractivity contribution in [3.63, 3.8) is 0 Å². The van der Waals surface area contributed by atoms with Crippen molar-refractivity contribution in [2.45, 2.75) is 33.1 Å². The van der Waals surface area contributed by atoms with Gasteiger partial charge in [-0.15, -0.1) is 0 Å². The second-order valence-corrected chi connectivity index (χ2v) is 6.06. The van der Waals surface area contributed by atoms with Crippen LogP contribution >= 0.6 is 0 Å². The molecule has 0 saturated carbocycles. The van der Waals surface area contributed by atoms with E-state index in [2.05, 4.69) is 39.1 Å². The summed E-state index contributed by atoms with van der Waals surface area (Å²) in [6, 6.07) is 6.04. The second-order valence-electron chi connectivity index (χ2n) is 6.06. The minimum atomic E-state index is -0.00841. The monoisotopic (exact) mass is 288 g/mol. The third-order valence-electron chi connectivity index (χ3n) is 3.45. The normalized spacial score (nSPS) is 11.5. The van der Waals surface area contributed by atoms with Gasteiger partial charge in [0.05, 0.1) is 19.7 Å². The summed E-state index contributed by atoms with van der Waals surface area (Å²) in [5.41, 5.74) is 3.04. The van der Waals surface area contributed by atoms with Gasteiger partial charge in [-0.2, -0.15) is 0 Å². The quantitative estimate of drug-likeness (QED) is 0.924. The van der Waals surface area contributed by atoms with E-state index in [4.69, 9.17) is 14.5 Å². The smallest absolute Gasteiger partial charge is 0.162 e. The summed E-state index contributed by atoms with van der Waals surface area (Å²) in [7, 11) is 3.29. The highest BCUT2D eigenvalue weighted by molar-refractivity contribution is 5.94. The molecule has 0 aliphatic carbocycles. The molecule has 0 aliphatic heterocycles. The Hall–Kier alpha value is -1.97. The Morgan fingerprint density at radius 3 is 2.19 bits per heavy atom. The van der Waals surface area contributed by atoms with Crippen LogP contribution in [0, 0.1) is 0 Å². The molecular weight excluding hydrogens is 264 g/mol. The molecule has 0 atom stereocenters. The largest absolute Gasteiger partial charge is 0.493 e. The van der Waals surface area contributed by atoms with Crippen molar-refractivity contribution >= 4 is 16.6 Å². The number of ether oxygens (including phenoxy) is 2. The summed E-state index contributed by atoms with van der Waals surface area (Å²) in [6.07, 6.45) is 0. The molecule has 0 unspecified atom stereocenters. The number of hydrogen-bond donors (Lipinski definition) is 1. The Morgan fingerprint density at radius 1 is 1.05 bits per heavy atom. The first kappa shape index (κ1) is 15.4. The molecule has 0 spiro atoms. The van der Waals surface area contributed by atoms with Crippen LogP contribution in [0.3, 0.4) is 0 Å². The van der Waals surface area contributed by atoms with E-state index >= 15 is 0 Å². The van der Waals surface area contributed by atoms with Crippen molar-refractivity contribution in [1.82, 2.24) is 4.98 Å². The highest BCUT2D eigenvalue weighted by Gasteiger charge is 2.19. The number of fused-ring (bicyclic) bond motifs is 1. The first-order chi connectivity index (χ1) is 9.90. The third kappa shape index (κ3) is 3.04. The molecular formula is C17H24N2O2. The number of pyridine rings is 1. The van der Waals surface area contributed by atoms with E-state index in [0.29, 0.717) is 5.75 Å². The summed E-state index contributed by atoms with van der Waals surface area (Å²) < 4.78 is 10.8. The zero-order valence-electron chi connectivity index (χ0n) is 13.7. The molecule has 1 aromatic heterocycles. The number of nitrogens with one attached hydrogen (secondary N) is 1. The van der Waals surface area contributed by atoms with E-state index < -0.39 is 0 Å². The lowest BCUT2D eigenvalue weighted by Crippen LogP contribution is -2.14. The van der Waals surface area contributed by atoms with Crippen molar-refractivity contribution in [2.75, 3.05) is 26.1 Å². The van der Waals surface area contributed by atoms with Gasteiger partial charge in [0.1, 0.15) is 0 Å². The topological polar surface area (TPSA) is 43.4 Å². The Kier molecular flexibility index (Phi) is 4.26. The molecule has 4 heteroatoms. The van der Waals surface area contributed by atoms with E-state index in [0.717, 1.165) is 34.6 Å². The number of rotatable bonds is 4. The van der Waals surface area contributed by atoms with E-state index in [1.165, 1.54) is 0 Å². The van der Waals surface area contributed by atoms with E-state index in [1.807, 2.05) is 12.1 Å². The average molecular weight is 288 g/mol. The molecule has 0 amide bonds. The van der Waals surface area contributed by atoms with Crippen LogP contribution in [-0.2, 0) is 5.41 Å². The number of benzene rings is 1. The minimum Gasteiger partial charge on any atom is -0.493 e. The van der Waals surface area contributed by atoms with Crippen LogP contribution < -0.4 is 14.8 Å². The maximum absolute atomic E-state index is 5.39. The Morgan fingerprint density at radius 2 is 1.67 bits per heavy atom. The first-order valence-electron chi connectivity index (χ1n) is 7.21. The van der Waals surface area contributed by atoms with Crippen LogP contribution in [0.1, 0.15) is 33.4 Å². The number of hydrogen-bond acceptors (Lipinski definition) is 4. The summed E-state index contributed by atoms with van der Waals surface area (Å²) in [5, 5.41) is 4.46. The predicted molar refractivity (Wildman–Crippen MR) is 87.7 cm³/mol. The van der Waals surface area contributed by atoms with Gasteiger partial charge in [-0.25, -0.2) is 0 Å². The van der Waals surface area contributed by atoms with E-state index in [9.17, 15) is 0 Å². The molecule has 0 saturated heterocycles. The standard InChI is InChI=1S/C17H24N2O2/c1-7-18-12-10-16(17(2,3)4)19-13-9-15(21-6)14(20-5)8-11(12)13/h8-10H,7H2,1-6H3,(H,18,19). The van der Waals surface area contributed by atoms with Crippen LogP contribution in [-0.4, -0.2) is 25.7 Å². The summed E-state index contributed by atoms with van der Waals surface area (Å²) >= 11 is 0. The van der Waals surface area contributed by atoms with Crippen LogP contribution in [0.2, 0.25) is 0 Å². The Bertz CT molecular complexity index is 645. The van der Waals surface area contributed by atoms with Gasteiger partial charge in [0.15, 0.2) is 11.5 Å². The molecule has 0 bridgehead atoms. The van der Waals surface area contributed by atoms with E-state index in [1.54, 1.807) is 14.2 Å². The average Bonchev–Trinajstić information content (AvgIpc) is 2.44. The Balaban J connectivity index is 2.75. The van der Waals surface area contributed by atoms with E-state index in [-0.39, 0.29) is 5.41 Å². The van der Waals surface area contributed by atoms with Crippen LogP contribution in [0.4, 0.5) is 5.69 Å². The summed E-state index contributed by atoms with van der Waals surface area (Å²) in [6.45, 7) is 9.44. The molecule has 2 aromatic rings. The van der Waals surface area contributed by atoms with Crippen molar-refractivity contribution in [2.24, 2.45) is 0 Å². The number of aromatic nitrogens is 1. The Labute approximate surface area is 126 Å². The molecule has 21 heavy (non-hydrogen) atoms. The van der Waals surface area contributed by atoms with Crippen molar-refractivity contribution in [3.8, 4) is 11.5 Å². The maximum atomic E-state index is 5.39. The second kappa shape index (κ2) is 5.80. The van der Waals surface area contributed by atoms with Gasteiger partial charge in [-0.05, 0) is 19.1 Å². The van der Waals surface area contributed by atoms with Gasteiger partial charge in [0.25, 0.3) is 0 Å². The zero-order chi connectivity index (χ0) is 15.6. The van der Waals surface area contributed by atoms with Crippen LogP contribution in [0.25, 0.3) is 10.9 Å². The van der Waals surface area contributed by atoms with Crippen LogP contribution in [0.15, 0.2) is 18.2 Å². The van der Waals surface area contributed by atoms with Gasteiger partial charge < -0.3 is 14.8 Å². The molecule has 1 N–H and O–H groups in total. The predicted octanol–water partition coefficient (Wildman–Crippen LogP) is 3.98. The lowest BCUT2D eigenvalue weighted by atomic mass is 9.90. The zero-order valence-corrected chi connectivity index (χ0v) is 13.7. The highest BCUT2D eigenvalue weighted by Crippen LogP contribution is 2.36. The fraction of sp³-hybridized carbons (Fsp3) is 0.471. The number of methoxy groups -OCH3 is 2. The van der Waals surface area contributed by atoms with Crippen molar-refractivity contribution in [3.05, 3.63) is 23.9 Å². The summed E-state index contributed by atoms with van der Waals surface area (Å²) in [5.74, 6) is 1.42. The fourth-order valence-corrected chi connectivity index (χ4v) is 2.27. The molecule has 0 aliphatic rings. The van der Waals surface area contributed by atoms with Crippen LogP contribution in [0.5, 0.6) is 11.5 Å². The van der Waals surface area contributed by atoms with Crippen molar-refractivity contribution < 1.29 is 9.47 Å². The third-order valence-corrected chi connectivity index (χ3v) is 3.45. The summed E-state index contributed by atoms with van der Waals surface area (Å²) in [4.78, 5) is 4.80. The van der Waals surface area contributed by atoms with Gasteiger partial charge in [0.2, 0.25) is 0 Å².